The Bertz CT molecular complexity index is 616. The average molecular weight is 229 g/mol. The van der Waals surface area contributed by atoms with E-state index in [1.165, 1.54) is 6.33 Å². The van der Waals surface area contributed by atoms with Gasteiger partial charge >= 0.3 is 0 Å². The summed E-state index contributed by atoms with van der Waals surface area (Å²) >= 11 is 0. The maximum atomic E-state index is 5.31. The van der Waals surface area contributed by atoms with Crippen LogP contribution in [0.2, 0.25) is 0 Å². The third-order valence-electron chi connectivity index (χ3n) is 2.54. The summed E-state index contributed by atoms with van der Waals surface area (Å²) in [4.78, 5) is 17.5. The van der Waals surface area contributed by atoms with Gasteiger partial charge in [-0.25, -0.2) is 15.0 Å². The standard InChI is InChI=1S/C11H11N5O/c1-16(5-8-3-2-4-17-8)11-9-10(13-6-12-9)14-7-15-11/h2-4,6-7H,5H2,1H3,(H,12,13,14,15). The fourth-order valence-corrected chi connectivity index (χ4v) is 1.75. The lowest BCUT2D eigenvalue weighted by atomic mass is 10.4. The number of furan rings is 1. The Morgan fingerprint density at radius 3 is 3.12 bits per heavy atom. The summed E-state index contributed by atoms with van der Waals surface area (Å²) in [7, 11) is 1.95. The highest BCUT2D eigenvalue weighted by atomic mass is 16.3. The van der Waals surface area contributed by atoms with Crippen molar-refractivity contribution in [1.29, 1.82) is 0 Å². The van der Waals surface area contributed by atoms with E-state index < -0.39 is 0 Å². The smallest absolute Gasteiger partial charge is 0.182 e. The van der Waals surface area contributed by atoms with Crippen LogP contribution >= 0.6 is 0 Å². The second-order valence-electron chi connectivity index (χ2n) is 3.73. The molecule has 0 unspecified atom stereocenters. The van der Waals surface area contributed by atoms with Crippen LogP contribution in [0.3, 0.4) is 0 Å². The van der Waals surface area contributed by atoms with Gasteiger partial charge in [-0.15, -0.1) is 0 Å². The molecule has 0 spiro atoms. The number of fused-ring (bicyclic) bond motifs is 1. The molecule has 86 valence electrons. The summed E-state index contributed by atoms with van der Waals surface area (Å²) in [6, 6.07) is 3.80. The van der Waals surface area contributed by atoms with Crippen LogP contribution in [-0.2, 0) is 6.54 Å². The van der Waals surface area contributed by atoms with Crippen LogP contribution < -0.4 is 4.90 Å². The molecule has 0 aliphatic heterocycles. The molecule has 1 N–H and O–H groups in total. The minimum atomic E-state index is 0.651. The third-order valence-corrected chi connectivity index (χ3v) is 2.54. The van der Waals surface area contributed by atoms with E-state index in [1.807, 2.05) is 24.1 Å². The molecule has 3 rings (SSSR count). The molecule has 0 aliphatic carbocycles. The molecule has 17 heavy (non-hydrogen) atoms. The van der Waals surface area contributed by atoms with Crippen molar-refractivity contribution >= 4 is 17.0 Å². The molecule has 3 aromatic rings. The van der Waals surface area contributed by atoms with Gasteiger partial charge in [0.05, 0.1) is 19.1 Å². The molecule has 0 saturated heterocycles. The van der Waals surface area contributed by atoms with Gasteiger partial charge in [0.15, 0.2) is 11.5 Å². The number of hydrogen-bond acceptors (Lipinski definition) is 5. The molecular formula is C11H11N5O. The Morgan fingerprint density at radius 2 is 2.29 bits per heavy atom. The summed E-state index contributed by atoms with van der Waals surface area (Å²) in [5.41, 5.74) is 1.50. The van der Waals surface area contributed by atoms with E-state index >= 15 is 0 Å². The van der Waals surface area contributed by atoms with E-state index in [0.717, 1.165) is 17.1 Å². The predicted molar refractivity (Wildman–Crippen MR) is 62.5 cm³/mol. The zero-order valence-corrected chi connectivity index (χ0v) is 9.29. The first-order chi connectivity index (χ1) is 8.34. The highest BCUT2D eigenvalue weighted by Crippen LogP contribution is 2.19. The van der Waals surface area contributed by atoms with Gasteiger partial charge in [-0.1, -0.05) is 0 Å². The van der Waals surface area contributed by atoms with Crippen LogP contribution in [0.25, 0.3) is 11.2 Å². The molecule has 0 radical (unpaired) electrons. The molecule has 0 amide bonds. The number of nitrogens with zero attached hydrogens (tertiary/aromatic N) is 4. The van der Waals surface area contributed by atoms with E-state index in [1.54, 1.807) is 12.6 Å². The first kappa shape index (κ1) is 9.83. The van der Waals surface area contributed by atoms with E-state index in [4.69, 9.17) is 4.42 Å². The molecule has 0 saturated carbocycles. The van der Waals surface area contributed by atoms with Gasteiger partial charge < -0.3 is 14.3 Å². The summed E-state index contributed by atoms with van der Waals surface area (Å²) in [6.45, 7) is 0.651. The normalized spacial score (nSPS) is 10.9. The zero-order valence-electron chi connectivity index (χ0n) is 9.29. The molecule has 0 fully saturated rings. The molecule has 3 aromatic heterocycles. The maximum absolute atomic E-state index is 5.31. The number of anilines is 1. The summed E-state index contributed by atoms with van der Waals surface area (Å²) < 4.78 is 5.31. The lowest BCUT2D eigenvalue weighted by molar-refractivity contribution is 0.507. The SMILES string of the molecule is CN(Cc1ccco1)c1ncnc2nc[nH]c12. The van der Waals surface area contributed by atoms with Crippen molar-refractivity contribution in [1.82, 2.24) is 19.9 Å². The second-order valence-corrected chi connectivity index (χ2v) is 3.73. The number of H-pyrrole nitrogens is 1. The van der Waals surface area contributed by atoms with Gasteiger partial charge in [-0.3, -0.25) is 0 Å². The van der Waals surface area contributed by atoms with Gasteiger partial charge in [0, 0.05) is 7.05 Å². The maximum Gasteiger partial charge on any atom is 0.182 e. The number of imidazole rings is 1. The van der Waals surface area contributed by atoms with Crippen molar-refractivity contribution in [3.8, 4) is 0 Å². The number of nitrogens with one attached hydrogen (secondary N) is 1. The molecule has 6 heteroatoms. The van der Waals surface area contributed by atoms with E-state index in [-0.39, 0.29) is 0 Å². The molecule has 0 aliphatic rings. The quantitative estimate of drug-likeness (QED) is 0.738. The van der Waals surface area contributed by atoms with E-state index in [0.29, 0.717) is 12.2 Å². The van der Waals surface area contributed by atoms with Crippen LogP contribution in [0.5, 0.6) is 0 Å². The fraction of sp³-hybridized carbons (Fsp3) is 0.182. The molecule has 0 atom stereocenters. The molecular weight excluding hydrogens is 218 g/mol. The molecule has 3 heterocycles. The van der Waals surface area contributed by atoms with Crippen molar-refractivity contribution in [3.05, 3.63) is 36.8 Å². The van der Waals surface area contributed by atoms with E-state index in [9.17, 15) is 0 Å². The highest BCUT2D eigenvalue weighted by molar-refractivity contribution is 5.82. The summed E-state index contributed by atoms with van der Waals surface area (Å²) in [6.07, 6.45) is 4.79. The van der Waals surface area contributed by atoms with E-state index in [2.05, 4.69) is 19.9 Å². The largest absolute Gasteiger partial charge is 0.467 e. The summed E-state index contributed by atoms with van der Waals surface area (Å²) in [5, 5.41) is 0. The Balaban J connectivity index is 1.95. The first-order valence-corrected chi connectivity index (χ1v) is 5.22. The van der Waals surface area contributed by atoms with Crippen LogP contribution in [-0.4, -0.2) is 27.0 Å². The second kappa shape index (κ2) is 3.89. The predicted octanol–water partition coefficient (Wildman–Crippen LogP) is 1.58. The molecule has 6 nitrogen and oxygen atoms in total. The van der Waals surface area contributed by atoms with Gasteiger partial charge in [-0.05, 0) is 12.1 Å². The minimum absolute atomic E-state index is 0.651. The Kier molecular flexibility index (Phi) is 2.25. The fourth-order valence-electron chi connectivity index (χ4n) is 1.75. The lowest BCUT2D eigenvalue weighted by Crippen LogP contribution is -2.17. The average Bonchev–Trinajstić information content (AvgIpc) is 2.97. The Hall–Kier alpha value is -2.37. The van der Waals surface area contributed by atoms with Crippen molar-refractivity contribution in [3.63, 3.8) is 0 Å². The first-order valence-electron chi connectivity index (χ1n) is 5.22. The van der Waals surface area contributed by atoms with Crippen LogP contribution in [0.15, 0.2) is 35.5 Å². The Labute approximate surface area is 97.3 Å². The number of aromatic nitrogens is 4. The van der Waals surface area contributed by atoms with Gasteiger partial charge in [0.25, 0.3) is 0 Å². The van der Waals surface area contributed by atoms with Gasteiger partial charge in [0.1, 0.15) is 17.6 Å². The van der Waals surface area contributed by atoms with Gasteiger partial charge in [0.2, 0.25) is 0 Å². The van der Waals surface area contributed by atoms with Gasteiger partial charge in [-0.2, -0.15) is 0 Å². The van der Waals surface area contributed by atoms with Crippen molar-refractivity contribution in [2.24, 2.45) is 0 Å². The van der Waals surface area contributed by atoms with Crippen LogP contribution in [0, 0.1) is 0 Å². The van der Waals surface area contributed by atoms with Crippen molar-refractivity contribution in [2.75, 3.05) is 11.9 Å². The lowest BCUT2D eigenvalue weighted by Gasteiger charge is -2.16. The minimum Gasteiger partial charge on any atom is -0.467 e. The number of aromatic amines is 1. The monoisotopic (exact) mass is 229 g/mol. The summed E-state index contributed by atoms with van der Waals surface area (Å²) in [5.74, 6) is 1.70. The Morgan fingerprint density at radius 1 is 1.35 bits per heavy atom. The van der Waals surface area contributed by atoms with Crippen LogP contribution in [0.4, 0.5) is 5.82 Å². The molecule has 0 aromatic carbocycles. The number of hydrogen-bond donors (Lipinski definition) is 1. The third kappa shape index (κ3) is 1.73. The highest BCUT2D eigenvalue weighted by Gasteiger charge is 2.11. The zero-order chi connectivity index (χ0) is 11.7. The topological polar surface area (TPSA) is 70.8 Å². The number of rotatable bonds is 3. The van der Waals surface area contributed by atoms with Crippen LogP contribution in [0.1, 0.15) is 5.76 Å². The van der Waals surface area contributed by atoms with Crippen molar-refractivity contribution in [2.45, 2.75) is 6.54 Å². The molecule has 0 bridgehead atoms. The van der Waals surface area contributed by atoms with Crippen molar-refractivity contribution < 1.29 is 4.42 Å².